The average Bonchev–Trinajstić information content (AvgIpc) is 2.72. The molecule has 116 valence electrons. The van der Waals surface area contributed by atoms with Gasteiger partial charge in [0.25, 0.3) is 0 Å². The lowest BCUT2D eigenvalue weighted by Crippen LogP contribution is -2.26. The van der Waals surface area contributed by atoms with Crippen LogP contribution in [0.15, 0.2) is 24.3 Å². The number of benzene rings is 1. The Balaban J connectivity index is 1.93. The van der Waals surface area contributed by atoms with Gasteiger partial charge in [0.1, 0.15) is 0 Å². The number of amides is 1. The van der Waals surface area contributed by atoms with Crippen molar-refractivity contribution >= 4 is 17.5 Å². The van der Waals surface area contributed by atoms with Crippen molar-refractivity contribution < 1.29 is 9.53 Å². The third-order valence-corrected chi connectivity index (χ3v) is 3.93. The molecule has 0 bridgehead atoms. The van der Waals surface area contributed by atoms with Gasteiger partial charge in [-0.1, -0.05) is 13.0 Å². The van der Waals surface area contributed by atoms with E-state index in [1.807, 2.05) is 24.3 Å². The minimum absolute atomic E-state index is 0.444. The van der Waals surface area contributed by atoms with E-state index in [4.69, 9.17) is 0 Å². The molecule has 0 radical (unpaired) electrons. The third-order valence-electron chi connectivity index (χ3n) is 3.93. The Kier molecular flexibility index (Phi) is 5.87. The largest absolute Gasteiger partial charge is 0.453 e. The normalized spacial score (nSPS) is 19.6. The van der Waals surface area contributed by atoms with Gasteiger partial charge >= 0.3 is 6.09 Å². The van der Waals surface area contributed by atoms with Gasteiger partial charge in [0.15, 0.2) is 0 Å². The van der Waals surface area contributed by atoms with E-state index in [1.54, 1.807) is 0 Å². The van der Waals surface area contributed by atoms with Gasteiger partial charge < -0.3 is 15.0 Å². The summed E-state index contributed by atoms with van der Waals surface area (Å²) >= 11 is 0. The Bertz CT molecular complexity index is 465. The molecule has 1 saturated heterocycles. The molecule has 0 aliphatic carbocycles. The second-order valence-corrected chi connectivity index (χ2v) is 5.40. The van der Waals surface area contributed by atoms with Gasteiger partial charge in [-0.05, 0) is 50.6 Å². The van der Waals surface area contributed by atoms with Gasteiger partial charge in [-0.3, -0.25) is 5.32 Å². The minimum Gasteiger partial charge on any atom is -0.453 e. The van der Waals surface area contributed by atoms with Gasteiger partial charge in [-0.2, -0.15) is 0 Å². The zero-order valence-electron chi connectivity index (χ0n) is 12.9. The number of nitrogens with zero attached hydrogens (tertiary/aromatic N) is 1. The number of likely N-dealkylation sites (tertiary alicyclic amines) is 1. The van der Waals surface area contributed by atoms with E-state index in [0.29, 0.717) is 6.04 Å². The first-order chi connectivity index (χ1) is 10.2. The van der Waals surface area contributed by atoms with Crippen LogP contribution in [0.2, 0.25) is 0 Å². The highest BCUT2D eigenvalue weighted by Crippen LogP contribution is 2.20. The van der Waals surface area contributed by atoms with Crippen LogP contribution < -0.4 is 10.6 Å². The molecule has 1 aromatic carbocycles. The second kappa shape index (κ2) is 7.88. The highest BCUT2D eigenvalue weighted by Gasteiger charge is 2.15. The monoisotopic (exact) mass is 291 g/mol. The summed E-state index contributed by atoms with van der Waals surface area (Å²) < 4.78 is 4.61. The van der Waals surface area contributed by atoms with Gasteiger partial charge in [-0.25, -0.2) is 4.79 Å². The van der Waals surface area contributed by atoms with Crippen LogP contribution in [0.4, 0.5) is 16.2 Å². The van der Waals surface area contributed by atoms with E-state index >= 15 is 0 Å². The van der Waals surface area contributed by atoms with E-state index < -0.39 is 6.09 Å². The molecule has 1 aliphatic heterocycles. The molecule has 0 spiro atoms. The van der Waals surface area contributed by atoms with Crippen LogP contribution in [0.3, 0.4) is 0 Å². The number of carbonyl (C=O) groups is 1. The quantitative estimate of drug-likeness (QED) is 0.895. The highest BCUT2D eigenvalue weighted by molar-refractivity contribution is 5.85. The number of methoxy groups -OCH3 is 1. The summed E-state index contributed by atoms with van der Waals surface area (Å²) in [4.78, 5) is 13.7. The third kappa shape index (κ3) is 4.93. The Hall–Kier alpha value is -1.75. The molecule has 1 fully saturated rings. The fourth-order valence-electron chi connectivity index (χ4n) is 2.71. The molecule has 1 unspecified atom stereocenters. The number of rotatable bonds is 4. The zero-order valence-corrected chi connectivity index (χ0v) is 12.9. The first-order valence-electron chi connectivity index (χ1n) is 7.65. The molecule has 1 atom stereocenters. The van der Waals surface area contributed by atoms with Gasteiger partial charge in [-0.15, -0.1) is 0 Å². The first-order valence-corrected chi connectivity index (χ1v) is 7.65. The Morgan fingerprint density at radius 3 is 2.90 bits per heavy atom. The molecule has 5 heteroatoms. The molecular weight excluding hydrogens is 266 g/mol. The molecule has 1 aromatic rings. The number of ether oxygens (including phenoxy) is 1. The van der Waals surface area contributed by atoms with Crippen molar-refractivity contribution in [3.8, 4) is 0 Å². The van der Waals surface area contributed by atoms with Gasteiger partial charge in [0.05, 0.1) is 7.11 Å². The van der Waals surface area contributed by atoms with Gasteiger partial charge in [0, 0.05) is 24.0 Å². The zero-order chi connectivity index (χ0) is 15.1. The number of anilines is 2. The minimum atomic E-state index is -0.444. The summed E-state index contributed by atoms with van der Waals surface area (Å²) in [7, 11) is 1.36. The number of nitrogens with one attached hydrogen (secondary N) is 2. The van der Waals surface area contributed by atoms with Crippen LogP contribution in [-0.4, -0.2) is 43.8 Å². The molecule has 5 nitrogen and oxygen atoms in total. The van der Waals surface area contributed by atoms with Crippen molar-refractivity contribution in [2.45, 2.75) is 32.2 Å². The summed E-state index contributed by atoms with van der Waals surface area (Å²) in [6, 6.07) is 8.26. The summed E-state index contributed by atoms with van der Waals surface area (Å²) in [6.45, 7) is 5.69. The van der Waals surface area contributed by atoms with Crippen molar-refractivity contribution in [1.29, 1.82) is 0 Å². The molecule has 1 heterocycles. The SMILES string of the molecule is CCN1CCCC(Nc2cccc(NC(=O)OC)c2)CC1. The number of hydrogen-bond donors (Lipinski definition) is 2. The second-order valence-electron chi connectivity index (χ2n) is 5.40. The van der Waals surface area contributed by atoms with Crippen LogP contribution >= 0.6 is 0 Å². The van der Waals surface area contributed by atoms with Crippen molar-refractivity contribution in [2.24, 2.45) is 0 Å². The molecule has 0 saturated carbocycles. The van der Waals surface area contributed by atoms with E-state index in [1.165, 1.54) is 26.5 Å². The highest BCUT2D eigenvalue weighted by atomic mass is 16.5. The summed E-state index contributed by atoms with van der Waals surface area (Å²) in [5.74, 6) is 0. The van der Waals surface area contributed by atoms with Crippen molar-refractivity contribution in [2.75, 3.05) is 37.4 Å². The van der Waals surface area contributed by atoms with Crippen molar-refractivity contribution in [3.05, 3.63) is 24.3 Å². The smallest absolute Gasteiger partial charge is 0.411 e. The molecule has 1 aliphatic rings. The average molecular weight is 291 g/mol. The molecule has 2 rings (SSSR count). The molecule has 2 N–H and O–H groups in total. The standard InChI is InChI=1S/C16H25N3O2/c1-3-19-10-5-8-13(9-11-19)17-14-6-4-7-15(12-14)18-16(20)21-2/h4,6-7,12-13,17H,3,5,8-11H2,1-2H3,(H,18,20). The first kappa shape index (κ1) is 15.6. The number of carbonyl (C=O) groups excluding carboxylic acids is 1. The predicted octanol–water partition coefficient (Wildman–Crippen LogP) is 3.15. The maximum Gasteiger partial charge on any atom is 0.411 e. The van der Waals surface area contributed by atoms with Gasteiger partial charge in [0.2, 0.25) is 0 Å². The van der Waals surface area contributed by atoms with Crippen molar-refractivity contribution in [3.63, 3.8) is 0 Å². The molecule has 0 aromatic heterocycles. The summed E-state index contributed by atoms with van der Waals surface area (Å²) in [6.07, 6.45) is 3.12. The topological polar surface area (TPSA) is 53.6 Å². The predicted molar refractivity (Wildman–Crippen MR) is 85.8 cm³/mol. The Morgan fingerprint density at radius 2 is 2.14 bits per heavy atom. The van der Waals surface area contributed by atoms with Crippen LogP contribution in [0, 0.1) is 0 Å². The molecular formula is C16H25N3O2. The van der Waals surface area contributed by atoms with E-state index in [2.05, 4.69) is 27.2 Å². The van der Waals surface area contributed by atoms with E-state index in [9.17, 15) is 4.79 Å². The van der Waals surface area contributed by atoms with Crippen LogP contribution in [0.1, 0.15) is 26.2 Å². The Morgan fingerprint density at radius 1 is 1.33 bits per heavy atom. The number of hydrogen-bond acceptors (Lipinski definition) is 4. The maximum absolute atomic E-state index is 11.2. The van der Waals surface area contributed by atoms with Crippen LogP contribution in [0.25, 0.3) is 0 Å². The molecule has 21 heavy (non-hydrogen) atoms. The fraction of sp³-hybridized carbons (Fsp3) is 0.562. The lowest BCUT2D eigenvalue weighted by Gasteiger charge is -2.19. The van der Waals surface area contributed by atoms with Crippen LogP contribution in [-0.2, 0) is 4.74 Å². The molecule has 1 amide bonds. The summed E-state index contributed by atoms with van der Waals surface area (Å²) in [5.41, 5.74) is 1.79. The summed E-state index contributed by atoms with van der Waals surface area (Å²) in [5, 5.41) is 6.27. The lowest BCUT2D eigenvalue weighted by atomic mass is 10.1. The van der Waals surface area contributed by atoms with Crippen molar-refractivity contribution in [1.82, 2.24) is 4.90 Å². The van der Waals surface area contributed by atoms with E-state index in [-0.39, 0.29) is 0 Å². The van der Waals surface area contributed by atoms with E-state index in [0.717, 1.165) is 30.9 Å². The maximum atomic E-state index is 11.2. The van der Waals surface area contributed by atoms with Crippen LogP contribution in [0.5, 0.6) is 0 Å². The Labute approximate surface area is 126 Å². The fourth-order valence-corrected chi connectivity index (χ4v) is 2.71. The lowest BCUT2D eigenvalue weighted by molar-refractivity contribution is 0.187.